The number of urea groups is 1. The van der Waals surface area contributed by atoms with Crippen molar-refractivity contribution >= 4 is 23.9 Å². The lowest BCUT2D eigenvalue weighted by atomic mass is 10.0. The van der Waals surface area contributed by atoms with Crippen molar-refractivity contribution in [3.63, 3.8) is 0 Å². The number of imide groups is 1. The molecule has 22 heavy (non-hydrogen) atoms. The minimum absolute atomic E-state index is 0.0509. The molecule has 1 aromatic rings. The lowest BCUT2D eigenvalue weighted by Gasteiger charge is -2.33. The lowest BCUT2D eigenvalue weighted by molar-refractivity contribution is -0.172. The second-order valence-corrected chi connectivity index (χ2v) is 4.28. The second-order valence-electron chi connectivity index (χ2n) is 4.28. The van der Waals surface area contributed by atoms with Crippen molar-refractivity contribution < 1.29 is 33.0 Å². The highest BCUT2D eigenvalue weighted by Gasteiger charge is 2.61. The molecular weight excluding hydrogens is 299 g/mol. The van der Waals surface area contributed by atoms with Gasteiger partial charge in [0.1, 0.15) is 0 Å². The van der Waals surface area contributed by atoms with E-state index in [1.165, 1.54) is 24.3 Å². The zero-order valence-electron chi connectivity index (χ0n) is 11.3. The van der Waals surface area contributed by atoms with E-state index in [1.54, 1.807) is 11.4 Å². The number of esters is 2. The van der Waals surface area contributed by atoms with Crippen molar-refractivity contribution in [3.8, 4) is 0 Å². The first-order valence-electron chi connectivity index (χ1n) is 6.05. The van der Waals surface area contributed by atoms with Gasteiger partial charge >= 0.3 is 23.6 Å². The van der Waals surface area contributed by atoms with Crippen LogP contribution in [0.15, 0.2) is 30.3 Å². The van der Waals surface area contributed by atoms with Gasteiger partial charge in [0, 0.05) is 0 Å². The summed E-state index contributed by atoms with van der Waals surface area (Å²) in [6.45, 7) is 0. The fourth-order valence-corrected chi connectivity index (χ4v) is 1.78. The van der Waals surface area contributed by atoms with E-state index in [1.807, 2.05) is 5.32 Å². The highest BCUT2D eigenvalue weighted by Crippen LogP contribution is 2.24. The highest BCUT2D eigenvalue weighted by atomic mass is 19.1. The molecule has 0 bridgehead atoms. The van der Waals surface area contributed by atoms with Crippen molar-refractivity contribution in [3.05, 3.63) is 35.9 Å². The number of alkyl halides is 1. The third-order valence-electron chi connectivity index (χ3n) is 2.90. The summed E-state index contributed by atoms with van der Waals surface area (Å²) < 4.78 is 23.6. The second kappa shape index (κ2) is 5.80. The van der Waals surface area contributed by atoms with Crippen molar-refractivity contribution in [2.75, 3.05) is 7.11 Å². The third kappa shape index (κ3) is 2.60. The Balaban J connectivity index is 2.29. The molecule has 1 aromatic carbocycles. The highest BCUT2D eigenvalue weighted by molar-refractivity contribution is 6.14. The molecule has 0 aromatic heterocycles. The topological polar surface area (TPSA) is 111 Å². The number of carbonyl (C=O) groups is 4. The summed E-state index contributed by atoms with van der Waals surface area (Å²) in [5.41, 5.74) is -3.33. The number of nitrogens with one attached hydrogen (secondary N) is 2. The number of hydrogen-bond donors (Lipinski definition) is 2. The Morgan fingerprint density at radius 3 is 2.45 bits per heavy atom. The largest absolute Gasteiger partial charge is 0.466 e. The van der Waals surface area contributed by atoms with E-state index in [2.05, 4.69) is 4.74 Å². The first-order valence-corrected chi connectivity index (χ1v) is 6.05. The van der Waals surface area contributed by atoms with Gasteiger partial charge in [0.15, 0.2) is 0 Å². The Bertz CT molecular complexity index is 635. The molecule has 1 aliphatic heterocycles. The van der Waals surface area contributed by atoms with E-state index in [-0.39, 0.29) is 5.56 Å². The van der Waals surface area contributed by atoms with Crippen molar-refractivity contribution in [2.45, 2.75) is 11.9 Å². The summed E-state index contributed by atoms with van der Waals surface area (Å²) in [6, 6.07) is 6.36. The minimum Gasteiger partial charge on any atom is -0.466 e. The maximum absolute atomic E-state index is 14.7. The molecule has 1 heterocycles. The van der Waals surface area contributed by atoms with Crippen LogP contribution in [-0.4, -0.2) is 42.9 Å². The third-order valence-corrected chi connectivity index (χ3v) is 2.90. The molecule has 8 nitrogen and oxygen atoms in total. The molecule has 2 rings (SSSR count). The summed E-state index contributed by atoms with van der Waals surface area (Å²) in [7, 11) is 0.851. The zero-order chi connectivity index (χ0) is 16.3. The molecule has 1 aliphatic rings. The molecule has 9 heteroatoms. The Kier molecular flexibility index (Phi) is 4.06. The normalized spacial score (nSPS) is 24.0. The van der Waals surface area contributed by atoms with Gasteiger partial charge < -0.3 is 9.47 Å². The fraction of sp³-hybridized carbons (Fsp3) is 0.231. The number of amides is 3. The van der Waals surface area contributed by atoms with E-state index in [4.69, 9.17) is 4.74 Å². The maximum Gasteiger partial charge on any atom is 0.359 e. The minimum atomic E-state index is -3.38. The number of hydrogen-bond acceptors (Lipinski definition) is 6. The predicted octanol–water partition coefficient (Wildman–Crippen LogP) is -0.110. The molecule has 0 saturated carbocycles. The predicted molar refractivity (Wildman–Crippen MR) is 68.2 cm³/mol. The van der Waals surface area contributed by atoms with Crippen LogP contribution in [0.4, 0.5) is 9.18 Å². The smallest absolute Gasteiger partial charge is 0.359 e. The van der Waals surface area contributed by atoms with E-state index >= 15 is 0 Å². The number of methoxy groups -OCH3 is 1. The van der Waals surface area contributed by atoms with Gasteiger partial charge in [-0.05, 0) is 12.1 Å². The molecule has 3 amide bonds. The molecule has 2 N–H and O–H groups in total. The molecule has 116 valence electrons. The Morgan fingerprint density at radius 1 is 1.23 bits per heavy atom. The summed E-state index contributed by atoms with van der Waals surface area (Å²) in [5, 5.41) is 3.44. The van der Waals surface area contributed by atoms with Crippen LogP contribution in [0.3, 0.4) is 0 Å². The first kappa shape index (κ1) is 15.4. The average molecular weight is 310 g/mol. The monoisotopic (exact) mass is 310 g/mol. The number of halogens is 1. The molecular formula is C13H11FN2O6. The zero-order valence-corrected chi connectivity index (χ0v) is 11.3. The molecule has 2 atom stereocenters. The van der Waals surface area contributed by atoms with Gasteiger partial charge in [-0.3, -0.25) is 15.4 Å². The van der Waals surface area contributed by atoms with Crippen LogP contribution < -0.4 is 10.6 Å². The summed E-state index contributed by atoms with van der Waals surface area (Å²) in [4.78, 5) is 46.3. The van der Waals surface area contributed by atoms with Crippen molar-refractivity contribution in [1.82, 2.24) is 10.6 Å². The molecule has 1 saturated heterocycles. The first-order chi connectivity index (χ1) is 10.4. The van der Waals surface area contributed by atoms with E-state index in [0.717, 1.165) is 7.11 Å². The van der Waals surface area contributed by atoms with Crippen molar-refractivity contribution in [1.29, 1.82) is 0 Å². The summed E-state index contributed by atoms with van der Waals surface area (Å²) in [6.07, 6.45) is -2.14. The van der Waals surface area contributed by atoms with Gasteiger partial charge in [-0.25, -0.2) is 18.8 Å². The quantitative estimate of drug-likeness (QED) is 0.595. The lowest BCUT2D eigenvalue weighted by Crippen LogP contribution is -2.71. The number of ether oxygens (including phenoxy) is 2. The van der Waals surface area contributed by atoms with Gasteiger partial charge in [0.25, 0.3) is 5.91 Å². The van der Waals surface area contributed by atoms with Crippen LogP contribution in [0.5, 0.6) is 0 Å². The fourth-order valence-electron chi connectivity index (χ4n) is 1.78. The Morgan fingerprint density at radius 2 is 1.86 bits per heavy atom. The van der Waals surface area contributed by atoms with Crippen LogP contribution in [0.2, 0.25) is 0 Å². The standard InChI is InChI=1S/C13H11FN2O6/c1-21-11(19)13(14)9(18)15-12(20)16-10(13)22-8(17)7-5-3-2-4-6-7/h2-6,10H,1H3,(H2,15,16,18,20). The van der Waals surface area contributed by atoms with Gasteiger partial charge in [-0.2, -0.15) is 0 Å². The number of carbonyl (C=O) groups excluding carboxylic acids is 4. The summed E-state index contributed by atoms with van der Waals surface area (Å²) in [5.74, 6) is -4.20. The average Bonchev–Trinajstić information content (AvgIpc) is 2.52. The molecule has 0 radical (unpaired) electrons. The maximum atomic E-state index is 14.7. The van der Waals surface area contributed by atoms with Crippen LogP contribution in [0, 0.1) is 0 Å². The van der Waals surface area contributed by atoms with Gasteiger partial charge in [-0.1, -0.05) is 18.2 Å². The van der Waals surface area contributed by atoms with E-state index in [0.29, 0.717) is 0 Å². The van der Waals surface area contributed by atoms with Crippen LogP contribution >= 0.6 is 0 Å². The SMILES string of the molecule is COC(=O)C1(F)C(=O)NC(=O)NC1OC(=O)c1ccccc1. The van der Waals surface area contributed by atoms with Crippen LogP contribution in [0.25, 0.3) is 0 Å². The molecule has 0 aliphatic carbocycles. The van der Waals surface area contributed by atoms with E-state index in [9.17, 15) is 23.6 Å². The van der Waals surface area contributed by atoms with E-state index < -0.39 is 35.8 Å². The van der Waals surface area contributed by atoms with Gasteiger partial charge in [0.2, 0.25) is 6.23 Å². The molecule has 0 spiro atoms. The Hall–Kier alpha value is -2.97. The molecule has 1 fully saturated rings. The summed E-state index contributed by atoms with van der Waals surface area (Å²) >= 11 is 0. The van der Waals surface area contributed by atoms with Crippen LogP contribution in [0.1, 0.15) is 10.4 Å². The van der Waals surface area contributed by atoms with Crippen molar-refractivity contribution in [2.24, 2.45) is 0 Å². The Labute approximate surface area is 123 Å². The van der Waals surface area contributed by atoms with Crippen LogP contribution in [-0.2, 0) is 19.1 Å². The number of benzene rings is 1. The van der Waals surface area contributed by atoms with Gasteiger partial charge in [-0.15, -0.1) is 0 Å². The molecule has 2 unspecified atom stereocenters. The number of rotatable bonds is 3. The van der Waals surface area contributed by atoms with Gasteiger partial charge in [0.05, 0.1) is 12.7 Å².